The summed E-state index contributed by atoms with van der Waals surface area (Å²) in [7, 11) is 1.56. The van der Waals surface area contributed by atoms with Crippen LogP contribution < -0.4 is 21.5 Å². The van der Waals surface area contributed by atoms with Gasteiger partial charge in [0.05, 0.1) is 11.6 Å². The normalized spacial score (nSPS) is 10.1. The lowest BCUT2D eigenvalue weighted by Crippen LogP contribution is -2.12. The molecule has 0 saturated carbocycles. The molecule has 0 aromatic heterocycles. The van der Waals surface area contributed by atoms with E-state index in [0.717, 1.165) is 4.47 Å². The Balaban J connectivity index is 2.23. The molecule has 0 aliphatic carbocycles. The summed E-state index contributed by atoms with van der Waals surface area (Å²) in [5.41, 5.74) is 13.3. The van der Waals surface area contributed by atoms with Gasteiger partial charge in [0.2, 0.25) is 0 Å². The molecule has 2 aromatic carbocycles. The zero-order valence-corrected chi connectivity index (χ0v) is 12.4. The summed E-state index contributed by atoms with van der Waals surface area (Å²) in [4.78, 5) is 12.1. The zero-order valence-electron chi connectivity index (χ0n) is 10.8. The van der Waals surface area contributed by atoms with Crippen molar-refractivity contribution in [3.63, 3.8) is 0 Å². The summed E-state index contributed by atoms with van der Waals surface area (Å²) in [6.07, 6.45) is 0. The van der Waals surface area contributed by atoms with Crippen molar-refractivity contribution in [3.8, 4) is 5.75 Å². The fraction of sp³-hybridized carbons (Fsp3) is 0.0714. The number of anilines is 3. The molecular weight excluding hydrogens is 322 g/mol. The van der Waals surface area contributed by atoms with E-state index in [0.29, 0.717) is 28.4 Å². The first-order valence-electron chi connectivity index (χ1n) is 5.80. The maximum absolute atomic E-state index is 12.1. The van der Waals surface area contributed by atoms with Gasteiger partial charge in [0, 0.05) is 28.7 Å². The number of methoxy groups -OCH3 is 1. The van der Waals surface area contributed by atoms with E-state index in [2.05, 4.69) is 21.2 Å². The monoisotopic (exact) mass is 335 g/mol. The fourth-order valence-electron chi connectivity index (χ4n) is 1.75. The summed E-state index contributed by atoms with van der Waals surface area (Å²) >= 11 is 3.35. The predicted molar refractivity (Wildman–Crippen MR) is 83.9 cm³/mol. The number of amides is 1. The third-order valence-electron chi connectivity index (χ3n) is 2.65. The first-order valence-corrected chi connectivity index (χ1v) is 6.60. The van der Waals surface area contributed by atoms with Crippen LogP contribution in [0.4, 0.5) is 17.1 Å². The van der Waals surface area contributed by atoms with Crippen LogP contribution in [0.15, 0.2) is 40.9 Å². The van der Waals surface area contributed by atoms with Crippen molar-refractivity contribution < 1.29 is 9.53 Å². The van der Waals surface area contributed by atoms with Crippen molar-refractivity contribution >= 4 is 38.9 Å². The number of ether oxygens (including phenoxy) is 1. The molecule has 2 aromatic rings. The number of hydrogen-bond donors (Lipinski definition) is 3. The second-order valence-electron chi connectivity index (χ2n) is 4.19. The molecule has 0 radical (unpaired) electrons. The smallest absolute Gasteiger partial charge is 0.255 e. The van der Waals surface area contributed by atoms with Crippen molar-refractivity contribution in [1.82, 2.24) is 0 Å². The molecule has 5 nitrogen and oxygen atoms in total. The van der Waals surface area contributed by atoms with Crippen LogP contribution in [-0.2, 0) is 0 Å². The van der Waals surface area contributed by atoms with Gasteiger partial charge in [-0.05, 0) is 46.3 Å². The van der Waals surface area contributed by atoms with Gasteiger partial charge < -0.3 is 21.5 Å². The summed E-state index contributed by atoms with van der Waals surface area (Å²) in [5.74, 6) is 0.350. The van der Waals surface area contributed by atoms with Gasteiger partial charge in [-0.1, -0.05) is 0 Å². The average molecular weight is 336 g/mol. The molecule has 0 atom stereocenters. The first kappa shape index (κ1) is 14.2. The van der Waals surface area contributed by atoms with Gasteiger partial charge in [0.1, 0.15) is 5.75 Å². The van der Waals surface area contributed by atoms with Gasteiger partial charge in [-0.15, -0.1) is 0 Å². The molecule has 20 heavy (non-hydrogen) atoms. The highest BCUT2D eigenvalue weighted by atomic mass is 79.9. The third kappa shape index (κ3) is 3.21. The largest absolute Gasteiger partial charge is 0.495 e. The molecule has 0 saturated heterocycles. The second-order valence-corrected chi connectivity index (χ2v) is 5.05. The van der Waals surface area contributed by atoms with Crippen molar-refractivity contribution in [2.75, 3.05) is 23.9 Å². The Morgan fingerprint density at radius 1 is 1.15 bits per heavy atom. The van der Waals surface area contributed by atoms with Gasteiger partial charge >= 0.3 is 0 Å². The summed E-state index contributed by atoms with van der Waals surface area (Å²) in [6.45, 7) is 0. The molecule has 2 rings (SSSR count). The Morgan fingerprint density at radius 2 is 1.80 bits per heavy atom. The Bertz CT molecular complexity index is 639. The van der Waals surface area contributed by atoms with Crippen molar-refractivity contribution in [1.29, 1.82) is 0 Å². The quantitative estimate of drug-likeness (QED) is 0.752. The molecule has 0 aliphatic heterocycles. The number of rotatable bonds is 3. The number of hydrogen-bond acceptors (Lipinski definition) is 4. The van der Waals surface area contributed by atoms with E-state index in [4.69, 9.17) is 16.2 Å². The molecule has 0 unspecified atom stereocenters. The van der Waals surface area contributed by atoms with Gasteiger partial charge in [0.15, 0.2) is 0 Å². The minimum atomic E-state index is -0.284. The van der Waals surface area contributed by atoms with Crippen LogP contribution in [0, 0.1) is 0 Å². The number of carbonyl (C=O) groups is 1. The minimum Gasteiger partial charge on any atom is -0.495 e. The van der Waals surface area contributed by atoms with Gasteiger partial charge in [-0.3, -0.25) is 4.79 Å². The second kappa shape index (κ2) is 5.83. The zero-order chi connectivity index (χ0) is 14.7. The topological polar surface area (TPSA) is 90.4 Å². The Kier molecular flexibility index (Phi) is 4.14. The lowest BCUT2D eigenvalue weighted by atomic mass is 10.1. The van der Waals surface area contributed by atoms with Gasteiger partial charge in [-0.25, -0.2) is 0 Å². The van der Waals surface area contributed by atoms with Crippen LogP contribution in [0.25, 0.3) is 0 Å². The summed E-state index contributed by atoms with van der Waals surface area (Å²) in [5, 5.41) is 2.76. The number of carbonyl (C=O) groups excluding carboxylic acids is 1. The van der Waals surface area contributed by atoms with E-state index < -0.39 is 0 Å². The minimum absolute atomic E-state index is 0.284. The van der Waals surface area contributed by atoms with E-state index in [1.54, 1.807) is 43.5 Å². The highest BCUT2D eigenvalue weighted by molar-refractivity contribution is 9.10. The number of nitrogen functional groups attached to an aromatic ring is 2. The predicted octanol–water partition coefficient (Wildman–Crippen LogP) is 2.87. The first-order chi connectivity index (χ1) is 9.49. The van der Waals surface area contributed by atoms with E-state index in [1.165, 1.54) is 0 Å². The summed E-state index contributed by atoms with van der Waals surface area (Å²) < 4.78 is 5.98. The van der Waals surface area contributed by atoms with Crippen LogP contribution in [0.1, 0.15) is 10.4 Å². The number of nitrogens with two attached hydrogens (primary N) is 2. The highest BCUT2D eigenvalue weighted by Crippen LogP contribution is 2.28. The van der Waals surface area contributed by atoms with E-state index in [1.807, 2.05) is 0 Å². The number of benzene rings is 2. The van der Waals surface area contributed by atoms with Crippen molar-refractivity contribution in [3.05, 3.63) is 46.4 Å². The highest BCUT2D eigenvalue weighted by Gasteiger charge is 2.09. The molecule has 0 heterocycles. The van der Waals surface area contributed by atoms with Crippen LogP contribution in [0.5, 0.6) is 5.75 Å². The van der Waals surface area contributed by atoms with Crippen LogP contribution in [-0.4, -0.2) is 13.0 Å². The van der Waals surface area contributed by atoms with Crippen LogP contribution >= 0.6 is 15.9 Å². The molecule has 0 spiro atoms. The lowest BCUT2D eigenvalue weighted by molar-refractivity contribution is 0.102. The molecule has 1 amide bonds. The maximum atomic E-state index is 12.1. The Morgan fingerprint density at radius 3 is 2.40 bits per heavy atom. The molecule has 0 fully saturated rings. The van der Waals surface area contributed by atoms with Crippen LogP contribution in [0.2, 0.25) is 0 Å². The molecule has 6 heteroatoms. The van der Waals surface area contributed by atoms with Crippen LogP contribution in [0.3, 0.4) is 0 Å². The Labute approximate surface area is 125 Å². The standard InChI is InChI=1S/C14H14BrN3O2/c1-20-13-7-11(2-3-12(13)15)18-14(19)8-4-9(16)6-10(17)5-8/h2-7H,16-17H2,1H3,(H,18,19). The van der Waals surface area contributed by atoms with E-state index >= 15 is 0 Å². The average Bonchev–Trinajstić information content (AvgIpc) is 2.39. The molecule has 0 aliphatic rings. The molecule has 5 N–H and O–H groups in total. The van der Waals surface area contributed by atoms with E-state index in [9.17, 15) is 4.79 Å². The van der Waals surface area contributed by atoms with Crippen molar-refractivity contribution in [2.24, 2.45) is 0 Å². The van der Waals surface area contributed by atoms with E-state index in [-0.39, 0.29) is 5.91 Å². The number of nitrogens with one attached hydrogen (secondary N) is 1. The summed E-state index contributed by atoms with van der Waals surface area (Å²) in [6, 6.07) is 10.0. The third-order valence-corrected chi connectivity index (χ3v) is 3.30. The van der Waals surface area contributed by atoms with Crippen molar-refractivity contribution in [2.45, 2.75) is 0 Å². The molecular formula is C14H14BrN3O2. The number of halogens is 1. The molecule has 0 bridgehead atoms. The van der Waals surface area contributed by atoms with Gasteiger partial charge in [-0.2, -0.15) is 0 Å². The van der Waals surface area contributed by atoms with Gasteiger partial charge in [0.25, 0.3) is 5.91 Å². The molecule has 104 valence electrons. The maximum Gasteiger partial charge on any atom is 0.255 e. The fourth-order valence-corrected chi connectivity index (χ4v) is 2.16. The Hall–Kier alpha value is -2.21. The SMILES string of the molecule is COc1cc(NC(=O)c2cc(N)cc(N)c2)ccc1Br. The lowest BCUT2D eigenvalue weighted by Gasteiger charge is -2.09.